The van der Waals surface area contributed by atoms with Crippen molar-refractivity contribution < 1.29 is 9.53 Å². The Balaban J connectivity index is 2.32. The maximum atomic E-state index is 11.1. The first-order chi connectivity index (χ1) is 7.72. The first-order valence-corrected chi connectivity index (χ1v) is 4.95. The predicted molar refractivity (Wildman–Crippen MR) is 59.3 cm³/mol. The number of hydrogen-bond donors (Lipinski definition) is 3. The van der Waals surface area contributed by atoms with Crippen molar-refractivity contribution >= 4 is 11.9 Å². The SMILES string of the molecule is COCc1ccccc1C1NC(=O)NC1=N. The summed E-state index contributed by atoms with van der Waals surface area (Å²) in [4.78, 5) is 11.1. The number of amides is 2. The fourth-order valence-electron chi connectivity index (χ4n) is 1.77. The molecule has 2 rings (SSSR count). The average Bonchev–Trinajstić information content (AvgIpc) is 2.59. The molecule has 1 saturated heterocycles. The number of methoxy groups -OCH3 is 1. The Bertz CT molecular complexity index is 431. The van der Waals surface area contributed by atoms with Crippen LogP contribution >= 0.6 is 0 Å². The number of benzene rings is 1. The van der Waals surface area contributed by atoms with E-state index in [9.17, 15) is 4.79 Å². The van der Waals surface area contributed by atoms with Gasteiger partial charge in [-0.1, -0.05) is 24.3 Å². The number of rotatable bonds is 3. The zero-order valence-corrected chi connectivity index (χ0v) is 8.91. The van der Waals surface area contributed by atoms with Crippen LogP contribution in [-0.4, -0.2) is 19.0 Å². The summed E-state index contributed by atoms with van der Waals surface area (Å²) in [6.07, 6.45) is 0. The van der Waals surface area contributed by atoms with Gasteiger partial charge in [-0.25, -0.2) is 4.79 Å². The number of hydrogen-bond acceptors (Lipinski definition) is 3. The molecule has 0 bridgehead atoms. The van der Waals surface area contributed by atoms with Crippen LogP contribution in [0.15, 0.2) is 24.3 Å². The van der Waals surface area contributed by atoms with Crippen molar-refractivity contribution in [1.82, 2.24) is 10.6 Å². The van der Waals surface area contributed by atoms with Crippen LogP contribution in [0.4, 0.5) is 4.79 Å². The summed E-state index contributed by atoms with van der Waals surface area (Å²) in [6, 6.07) is 6.89. The molecule has 0 radical (unpaired) electrons. The minimum Gasteiger partial charge on any atom is -0.380 e. The highest BCUT2D eigenvalue weighted by Gasteiger charge is 2.28. The van der Waals surface area contributed by atoms with Crippen LogP contribution in [0.1, 0.15) is 17.2 Å². The van der Waals surface area contributed by atoms with E-state index in [2.05, 4.69) is 10.6 Å². The van der Waals surface area contributed by atoms with E-state index in [1.54, 1.807) is 7.11 Å². The zero-order valence-electron chi connectivity index (χ0n) is 8.91. The maximum Gasteiger partial charge on any atom is 0.321 e. The minimum absolute atomic E-state index is 0.175. The van der Waals surface area contributed by atoms with Crippen LogP contribution in [0.5, 0.6) is 0 Å². The molecule has 1 aliphatic heterocycles. The monoisotopic (exact) mass is 219 g/mol. The first-order valence-electron chi connectivity index (χ1n) is 4.95. The van der Waals surface area contributed by atoms with Gasteiger partial charge in [0.15, 0.2) is 0 Å². The lowest BCUT2D eigenvalue weighted by Gasteiger charge is -2.14. The third kappa shape index (κ3) is 1.90. The van der Waals surface area contributed by atoms with Crippen molar-refractivity contribution in [2.75, 3.05) is 7.11 Å². The van der Waals surface area contributed by atoms with E-state index in [1.807, 2.05) is 24.3 Å². The van der Waals surface area contributed by atoms with Crippen molar-refractivity contribution in [2.45, 2.75) is 12.6 Å². The average molecular weight is 219 g/mol. The molecule has 1 atom stereocenters. The van der Waals surface area contributed by atoms with Gasteiger partial charge in [0.25, 0.3) is 0 Å². The molecule has 0 aliphatic carbocycles. The van der Waals surface area contributed by atoms with Gasteiger partial charge in [0.2, 0.25) is 0 Å². The third-order valence-corrected chi connectivity index (χ3v) is 2.48. The van der Waals surface area contributed by atoms with Gasteiger partial charge >= 0.3 is 6.03 Å². The Kier molecular flexibility index (Phi) is 2.87. The van der Waals surface area contributed by atoms with Crippen LogP contribution in [-0.2, 0) is 11.3 Å². The summed E-state index contributed by atoms with van der Waals surface area (Å²) in [5.41, 5.74) is 1.87. The molecule has 1 heterocycles. The maximum absolute atomic E-state index is 11.1. The third-order valence-electron chi connectivity index (χ3n) is 2.48. The summed E-state index contributed by atoms with van der Waals surface area (Å²) in [5, 5.41) is 12.8. The molecule has 5 heteroatoms. The summed E-state index contributed by atoms with van der Waals surface area (Å²) in [5.74, 6) is 0.175. The van der Waals surface area contributed by atoms with E-state index in [1.165, 1.54) is 0 Å². The molecule has 3 N–H and O–H groups in total. The summed E-state index contributed by atoms with van der Waals surface area (Å²) < 4.78 is 5.09. The molecule has 1 aliphatic rings. The van der Waals surface area contributed by atoms with Crippen LogP contribution in [0, 0.1) is 5.41 Å². The summed E-state index contributed by atoms with van der Waals surface area (Å²) >= 11 is 0. The van der Waals surface area contributed by atoms with Crippen molar-refractivity contribution in [3.05, 3.63) is 35.4 Å². The van der Waals surface area contributed by atoms with Gasteiger partial charge in [-0.2, -0.15) is 0 Å². The lowest BCUT2D eigenvalue weighted by atomic mass is 10.0. The fourth-order valence-corrected chi connectivity index (χ4v) is 1.77. The number of nitrogens with one attached hydrogen (secondary N) is 3. The van der Waals surface area contributed by atoms with Crippen molar-refractivity contribution in [2.24, 2.45) is 0 Å². The lowest BCUT2D eigenvalue weighted by molar-refractivity contribution is 0.184. The molecule has 16 heavy (non-hydrogen) atoms. The highest BCUT2D eigenvalue weighted by atomic mass is 16.5. The summed E-state index contributed by atoms with van der Waals surface area (Å²) in [7, 11) is 1.62. The Morgan fingerprint density at radius 1 is 1.44 bits per heavy atom. The summed E-state index contributed by atoms with van der Waals surface area (Å²) in [6.45, 7) is 0.468. The molecule has 1 fully saturated rings. The van der Waals surface area contributed by atoms with Crippen LogP contribution in [0.2, 0.25) is 0 Å². The molecule has 1 unspecified atom stereocenters. The van der Waals surface area contributed by atoms with Gasteiger partial charge in [-0.15, -0.1) is 0 Å². The largest absolute Gasteiger partial charge is 0.380 e. The van der Waals surface area contributed by atoms with E-state index in [0.717, 1.165) is 11.1 Å². The highest BCUT2D eigenvalue weighted by Crippen LogP contribution is 2.21. The predicted octanol–water partition coefficient (Wildman–Crippen LogP) is 1.16. The molecular weight excluding hydrogens is 206 g/mol. The number of urea groups is 1. The van der Waals surface area contributed by atoms with Gasteiger partial charge in [-0.3, -0.25) is 10.7 Å². The van der Waals surface area contributed by atoms with Crippen molar-refractivity contribution in [3.8, 4) is 0 Å². The topological polar surface area (TPSA) is 74.2 Å². The zero-order chi connectivity index (χ0) is 11.5. The minimum atomic E-state index is -0.390. The molecule has 0 spiro atoms. The normalized spacial score (nSPS) is 19.4. The number of carbonyl (C=O) groups excluding carboxylic acids is 1. The molecule has 0 saturated carbocycles. The quantitative estimate of drug-likeness (QED) is 0.713. The van der Waals surface area contributed by atoms with E-state index >= 15 is 0 Å². The Labute approximate surface area is 93.3 Å². The van der Waals surface area contributed by atoms with Crippen LogP contribution in [0.3, 0.4) is 0 Å². The van der Waals surface area contributed by atoms with E-state index in [0.29, 0.717) is 6.61 Å². The fraction of sp³-hybridized carbons (Fsp3) is 0.273. The van der Waals surface area contributed by atoms with Gasteiger partial charge < -0.3 is 10.1 Å². The van der Waals surface area contributed by atoms with Crippen molar-refractivity contribution in [3.63, 3.8) is 0 Å². The first kappa shape index (κ1) is 10.6. The van der Waals surface area contributed by atoms with Crippen molar-refractivity contribution in [1.29, 1.82) is 5.41 Å². The van der Waals surface area contributed by atoms with Crippen LogP contribution < -0.4 is 10.6 Å². The van der Waals surface area contributed by atoms with E-state index < -0.39 is 0 Å². The number of amidine groups is 1. The second kappa shape index (κ2) is 4.32. The van der Waals surface area contributed by atoms with Gasteiger partial charge in [0.1, 0.15) is 11.9 Å². The second-order valence-corrected chi connectivity index (χ2v) is 3.58. The second-order valence-electron chi connectivity index (χ2n) is 3.58. The molecule has 0 aromatic heterocycles. The van der Waals surface area contributed by atoms with Gasteiger partial charge in [-0.05, 0) is 11.1 Å². The van der Waals surface area contributed by atoms with Crippen LogP contribution in [0.25, 0.3) is 0 Å². The molecule has 5 nitrogen and oxygen atoms in total. The number of carbonyl (C=O) groups is 1. The molecular formula is C11H13N3O2. The van der Waals surface area contributed by atoms with Gasteiger partial charge in [0.05, 0.1) is 6.61 Å². The number of ether oxygens (including phenoxy) is 1. The molecule has 2 amide bonds. The Morgan fingerprint density at radius 2 is 2.19 bits per heavy atom. The standard InChI is InChI=1S/C11H13N3O2/c1-16-6-7-4-2-3-5-8(7)9-10(12)14-11(15)13-9/h2-5,9H,6H2,1H3,(H3,12,13,14,15). The van der Waals surface area contributed by atoms with E-state index in [-0.39, 0.29) is 17.9 Å². The molecule has 1 aromatic rings. The Hall–Kier alpha value is -1.88. The van der Waals surface area contributed by atoms with E-state index in [4.69, 9.17) is 10.1 Å². The lowest BCUT2D eigenvalue weighted by Crippen LogP contribution is -2.22. The molecule has 1 aromatic carbocycles. The smallest absolute Gasteiger partial charge is 0.321 e. The van der Waals surface area contributed by atoms with Gasteiger partial charge in [0, 0.05) is 7.11 Å². The Morgan fingerprint density at radius 3 is 2.81 bits per heavy atom. The molecule has 84 valence electrons. The highest BCUT2D eigenvalue weighted by molar-refractivity contribution is 6.06.